The topological polar surface area (TPSA) is 76.7 Å². The lowest BCUT2D eigenvalue weighted by atomic mass is 9.94. The van der Waals surface area contributed by atoms with Crippen LogP contribution in [0.3, 0.4) is 0 Å². The quantitative estimate of drug-likeness (QED) is 0.202. The van der Waals surface area contributed by atoms with E-state index >= 15 is 4.39 Å². The second-order valence-corrected chi connectivity index (χ2v) is 10.4. The molecule has 0 aliphatic carbocycles. The fourth-order valence-electron chi connectivity index (χ4n) is 3.65. The molecule has 42 heavy (non-hydrogen) atoms. The summed E-state index contributed by atoms with van der Waals surface area (Å²) in [6, 6.07) is 6.47. The summed E-state index contributed by atoms with van der Waals surface area (Å²) in [5.74, 6) is -4.40. The molecular formula is C24H10BrF10IN2O4. The van der Waals surface area contributed by atoms with Crippen molar-refractivity contribution in [2.24, 2.45) is 0 Å². The number of anilines is 2. The number of halogens is 12. The molecule has 0 saturated carbocycles. The van der Waals surface area contributed by atoms with Crippen LogP contribution in [0, 0.1) is 9.39 Å². The van der Waals surface area contributed by atoms with Crippen molar-refractivity contribution in [3.8, 4) is 11.5 Å². The van der Waals surface area contributed by atoms with Gasteiger partial charge in [0.1, 0.15) is 0 Å². The third-order valence-corrected chi connectivity index (χ3v) is 7.09. The fourth-order valence-corrected chi connectivity index (χ4v) is 5.34. The lowest BCUT2D eigenvalue weighted by Crippen LogP contribution is -2.50. The molecule has 1 aliphatic heterocycles. The third kappa shape index (κ3) is 5.82. The van der Waals surface area contributed by atoms with Gasteiger partial charge in [-0.2, -0.15) is 26.3 Å². The van der Waals surface area contributed by atoms with Gasteiger partial charge in [-0.05, 0) is 81.0 Å². The zero-order valence-corrected chi connectivity index (χ0v) is 23.5. The Morgan fingerprint density at radius 2 is 1.45 bits per heavy atom. The number of fused-ring (bicyclic) bond motifs is 1. The zero-order valence-electron chi connectivity index (χ0n) is 19.8. The van der Waals surface area contributed by atoms with E-state index in [-0.39, 0.29) is 23.4 Å². The summed E-state index contributed by atoms with van der Waals surface area (Å²) in [4.78, 5) is 25.4. The number of hydrogen-bond acceptors (Lipinski definition) is 4. The molecule has 1 aliphatic rings. The summed E-state index contributed by atoms with van der Waals surface area (Å²) in [6.45, 7) is 0. The van der Waals surface area contributed by atoms with E-state index in [2.05, 4.69) is 36.0 Å². The van der Waals surface area contributed by atoms with Crippen molar-refractivity contribution in [3.05, 3.63) is 79.1 Å². The highest BCUT2D eigenvalue weighted by atomic mass is 127. The predicted molar refractivity (Wildman–Crippen MR) is 137 cm³/mol. The van der Waals surface area contributed by atoms with Crippen molar-refractivity contribution >= 4 is 61.7 Å². The SMILES string of the molecule is O=C(Nc1cccc(C(=O)Nc2c(Br)cc(C(F)(C(F)(F)F)C(F)(F)F)cc2I)c1F)c1ccc2c(c1)OC(F)(F)O2. The van der Waals surface area contributed by atoms with Crippen LogP contribution < -0.4 is 20.1 Å². The summed E-state index contributed by atoms with van der Waals surface area (Å²) in [7, 11) is 0. The Morgan fingerprint density at radius 3 is 2.05 bits per heavy atom. The highest BCUT2D eigenvalue weighted by Gasteiger charge is 2.73. The van der Waals surface area contributed by atoms with Gasteiger partial charge in [0.05, 0.1) is 16.9 Å². The van der Waals surface area contributed by atoms with Crippen molar-refractivity contribution < 1.29 is 63.0 Å². The van der Waals surface area contributed by atoms with Crippen LogP contribution in [0.4, 0.5) is 55.3 Å². The summed E-state index contributed by atoms with van der Waals surface area (Å²) >= 11 is 3.96. The van der Waals surface area contributed by atoms with Crippen LogP contribution in [-0.4, -0.2) is 30.5 Å². The number of carbonyl (C=O) groups is 2. The molecule has 0 atom stereocenters. The van der Waals surface area contributed by atoms with E-state index in [1.165, 1.54) is 22.6 Å². The molecule has 18 heteroatoms. The van der Waals surface area contributed by atoms with Gasteiger partial charge in [-0.3, -0.25) is 9.59 Å². The Hall–Kier alpha value is -3.29. The number of benzene rings is 3. The van der Waals surface area contributed by atoms with Crippen molar-refractivity contribution in [2.45, 2.75) is 24.3 Å². The van der Waals surface area contributed by atoms with Crippen molar-refractivity contribution in [1.82, 2.24) is 0 Å². The number of alkyl halides is 9. The van der Waals surface area contributed by atoms with Crippen molar-refractivity contribution in [1.29, 1.82) is 0 Å². The Balaban J connectivity index is 1.58. The molecule has 1 heterocycles. The monoisotopic (exact) mass is 786 g/mol. The molecule has 224 valence electrons. The molecule has 6 nitrogen and oxygen atoms in total. The first-order chi connectivity index (χ1) is 19.2. The Kier molecular flexibility index (Phi) is 8.11. The first-order valence-electron chi connectivity index (χ1n) is 10.9. The molecule has 0 saturated heterocycles. The maximum atomic E-state index is 15.2. The minimum Gasteiger partial charge on any atom is -0.395 e. The van der Waals surface area contributed by atoms with Crippen molar-refractivity contribution in [2.75, 3.05) is 10.6 Å². The van der Waals surface area contributed by atoms with E-state index in [1.807, 2.05) is 0 Å². The second-order valence-electron chi connectivity index (χ2n) is 8.37. The van der Waals surface area contributed by atoms with Crippen LogP contribution in [0.5, 0.6) is 11.5 Å². The summed E-state index contributed by atoms with van der Waals surface area (Å²) in [5, 5.41) is 4.24. The molecule has 3 aromatic rings. The van der Waals surface area contributed by atoms with Crippen LogP contribution in [0.1, 0.15) is 26.3 Å². The van der Waals surface area contributed by atoms with Gasteiger partial charge in [0.2, 0.25) is 0 Å². The van der Waals surface area contributed by atoms with Gasteiger partial charge in [0.15, 0.2) is 17.3 Å². The summed E-state index contributed by atoms with van der Waals surface area (Å²) in [5.41, 5.74) is -9.51. The molecule has 3 aromatic carbocycles. The van der Waals surface area contributed by atoms with Crippen LogP contribution in [0.15, 0.2) is 53.0 Å². The first kappa shape index (κ1) is 31.6. The molecule has 0 radical (unpaired) electrons. The van der Waals surface area contributed by atoms with Crippen molar-refractivity contribution in [3.63, 3.8) is 0 Å². The van der Waals surface area contributed by atoms with Gasteiger partial charge in [-0.25, -0.2) is 8.78 Å². The smallest absolute Gasteiger partial charge is 0.395 e. The zero-order chi connectivity index (χ0) is 31.4. The molecule has 0 fully saturated rings. The molecule has 0 bridgehead atoms. The number of nitrogens with one attached hydrogen (secondary N) is 2. The van der Waals surface area contributed by atoms with E-state index in [0.29, 0.717) is 0 Å². The molecule has 0 aromatic heterocycles. The minimum atomic E-state index is -6.38. The average Bonchev–Trinajstić information content (AvgIpc) is 3.18. The number of ether oxygens (including phenoxy) is 2. The largest absolute Gasteiger partial charge is 0.586 e. The van der Waals surface area contributed by atoms with E-state index in [9.17, 15) is 49.1 Å². The normalized spacial score (nSPS) is 14.5. The third-order valence-electron chi connectivity index (χ3n) is 5.61. The number of amides is 2. The van der Waals surface area contributed by atoms with Gasteiger partial charge >= 0.3 is 24.3 Å². The van der Waals surface area contributed by atoms with E-state index in [1.54, 1.807) is 0 Å². The lowest BCUT2D eigenvalue weighted by molar-refractivity contribution is -0.348. The summed E-state index contributed by atoms with van der Waals surface area (Å²) < 4.78 is 142. The fraction of sp³-hybridized carbons (Fsp3) is 0.167. The maximum Gasteiger partial charge on any atom is 0.586 e. The molecule has 0 spiro atoms. The van der Waals surface area contributed by atoms with Crippen LogP contribution in [0.2, 0.25) is 0 Å². The first-order valence-corrected chi connectivity index (χ1v) is 12.8. The van der Waals surface area contributed by atoms with E-state index in [4.69, 9.17) is 0 Å². The molecule has 2 N–H and O–H groups in total. The maximum absolute atomic E-state index is 15.2. The van der Waals surface area contributed by atoms with Gasteiger partial charge < -0.3 is 20.1 Å². The van der Waals surface area contributed by atoms with Gasteiger partial charge in [0.25, 0.3) is 11.8 Å². The van der Waals surface area contributed by atoms with Crippen LogP contribution >= 0.6 is 38.5 Å². The molecular weight excluding hydrogens is 777 g/mol. The second kappa shape index (κ2) is 10.8. The molecule has 4 rings (SSSR count). The average molecular weight is 787 g/mol. The van der Waals surface area contributed by atoms with Gasteiger partial charge in [0, 0.05) is 19.2 Å². The summed E-state index contributed by atoms with van der Waals surface area (Å²) in [6.07, 6.45) is -16.7. The Morgan fingerprint density at radius 1 is 0.833 bits per heavy atom. The van der Waals surface area contributed by atoms with Crippen LogP contribution in [-0.2, 0) is 5.67 Å². The molecule has 0 unspecified atom stereocenters. The van der Waals surface area contributed by atoms with Gasteiger partial charge in [-0.1, -0.05) is 6.07 Å². The van der Waals surface area contributed by atoms with Crippen LogP contribution in [0.25, 0.3) is 0 Å². The lowest BCUT2D eigenvalue weighted by Gasteiger charge is -2.31. The predicted octanol–water partition coefficient (Wildman–Crippen LogP) is 8.31. The Labute approximate surface area is 249 Å². The number of carbonyl (C=O) groups excluding carboxylic acids is 2. The number of rotatable bonds is 5. The minimum absolute atomic E-state index is 0.174. The standard InChI is InChI=1S/C24H10BrF10IN2O4/c25-12-7-10(21(27,22(28,29)30)23(31,32)33)8-13(36)18(12)38-20(40)11-2-1-3-14(17(11)26)37-19(39)9-4-5-15-16(6-9)42-24(34,35)41-15/h1-8H,(H,37,39)(H,38,40). The highest BCUT2D eigenvalue weighted by Crippen LogP contribution is 2.54. The Bertz CT molecular complexity index is 1560. The number of hydrogen-bond donors (Lipinski definition) is 2. The highest BCUT2D eigenvalue weighted by molar-refractivity contribution is 14.1. The molecule has 2 amide bonds. The van der Waals surface area contributed by atoms with E-state index in [0.717, 1.165) is 36.4 Å². The van der Waals surface area contributed by atoms with Gasteiger partial charge in [-0.15, -0.1) is 8.78 Å². The van der Waals surface area contributed by atoms with E-state index < -0.39 is 78.2 Å².